The van der Waals surface area contributed by atoms with E-state index < -0.39 is 0 Å². The van der Waals surface area contributed by atoms with Gasteiger partial charge in [0.2, 0.25) is 11.8 Å². The van der Waals surface area contributed by atoms with Crippen molar-refractivity contribution in [3.8, 4) is 11.4 Å². The fourth-order valence-electron chi connectivity index (χ4n) is 3.15. The Hall–Kier alpha value is -2.83. The number of ether oxygens (including phenoxy) is 1. The minimum absolute atomic E-state index is 0.00777. The van der Waals surface area contributed by atoms with Crippen molar-refractivity contribution in [1.29, 1.82) is 0 Å². The summed E-state index contributed by atoms with van der Waals surface area (Å²) in [5, 5.41) is 7.70. The number of benzene rings is 1. The lowest BCUT2D eigenvalue weighted by molar-refractivity contribution is -0.138. The van der Waals surface area contributed by atoms with Crippen LogP contribution in [-0.2, 0) is 15.0 Å². The Morgan fingerprint density at radius 1 is 1.13 bits per heavy atom. The summed E-state index contributed by atoms with van der Waals surface area (Å²) in [7, 11) is 1.62. The Morgan fingerprint density at radius 2 is 1.74 bits per heavy atom. The lowest BCUT2D eigenvalue weighted by atomic mass is 9.92. The molecule has 31 heavy (non-hydrogen) atoms. The van der Waals surface area contributed by atoms with Crippen molar-refractivity contribution in [3.05, 3.63) is 36.0 Å². The Labute approximate surface area is 185 Å². The van der Waals surface area contributed by atoms with Crippen molar-refractivity contribution in [1.82, 2.24) is 14.7 Å². The van der Waals surface area contributed by atoms with Gasteiger partial charge in [-0.3, -0.25) is 9.59 Å². The molecule has 0 saturated heterocycles. The highest BCUT2D eigenvalue weighted by atomic mass is 16.5. The van der Waals surface area contributed by atoms with Crippen LogP contribution in [0.4, 0.5) is 5.82 Å². The molecule has 0 bridgehead atoms. The Kier molecular flexibility index (Phi) is 7.87. The van der Waals surface area contributed by atoms with E-state index in [1.807, 2.05) is 58.0 Å². The highest BCUT2D eigenvalue weighted by Gasteiger charge is 2.24. The quantitative estimate of drug-likeness (QED) is 0.682. The lowest BCUT2D eigenvalue weighted by Crippen LogP contribution is -2.42. The number of anilines is 1. The van der Waals surface area contributed by atoms with E-state index in [2.05, 4.69) is 26.1 Å². The summed E-state index contributed by atoms with van der Waals surface area (Å²) in [6.45, 7) is 14.5. The third-order valence-corrected chi connectivity index (χ3v) is 4.79. The van der Waals surface area contributed by atoms with Crippen LogP contribution >= 0.6 is 0 Å². The molecule has 1 heterocycles. The molecular formula is C24H36N4O3. The van der Waals surface area contributed by atoms with Gasteiger partial charge >= 0.3 is 0 Å². The molecule has 0 unspecified atom stereocenters. The normalized spacial score (nSPS) is 11.7. The van der Waals surface area contributed by atoms with E-state index in [-0.39, 0.29) is 35.6 Å². The molecular weight excluding hydrogens is 392 g/mol. The number of nitrogens with zero attached hydrogens (tertiary/aromatic N) is 3. The van der Waals surface area contributed by atoms with Gasteiger partial charge in [-0.1, -0.05) is 48.5 Å². The van der Waals surface area contributed by atoms with Gasteiger partial charge in [-0.2, -0.15) is 5.10 Å². The molecule has 0 saturated carbocycles. The van der Waals surface area contributed by atoms with Gasteiger partial charge in [0.15, 0.2) is 0 Å². The van der Waals surface area contributed by atoms with Crippen molar-refractivity contribution in [2.75, 3.05) is 25.5 Å². The summed E-state index contributed by atoms with van der Waals surface area (Å²) >= 11 is 0. The molecule has 1 aromatic carbocycles. The zero-order chi connectivity index (χ0) is 23.3. The number of hydrogen-bond donors (Lipinski definition) is 1. The van der Waals surface area contributed by atoms with Gasteiger partial charge in [0, 0.05) is 23.9 Å². The lowest BCUT2D eigenvalue weighted by Gasteiger charge is -2.25. The molecule has 7 nitrogen and oxygen atoms in total. The number of amides is 2. The average molecular weight is 429 g/mol. The summed E-state index contributed by atoms with van der Waals surface area (Å²) in [6.07, 6.45) is 0. The standard InChI is InChI=1S/C24H36N4O3/c1-16(2)14-27(23(30)17(3)4)15-22(29)25-21-13-20(24(5,6)7)26-28(21)18-9-11-19(31-8)12-10-18/h9-13,16-17H,14-15H2,1-8H3,(H,25,29). The molecule has 2 aromatic rings. The van der Waals surface area contributed by atoms with E-state index >= 15 is 0 Å². The van der Waals surface area contributed by atoms with Crippen LogP contribution in [0.5, 0.6) is 5.75 Å². The number of hydrogen-bond acceptors (Lipinski definition) is 4. The second kappa shape index (κ2) is 9.98. The SMILES string of the molecule is COc1ccc(-n2nc(C(C)(C)C)cc2NC(=O)CN(CC(C)C)C(=O)C(C)C)cc1. The average Bonchev–Trinajstić information content (AvgIpc) is 3.10. The molecule has 0 spiro atoms. The van der Waals surface area contributed by atoms with Gasteiger partial charge in [-0.25, -0.2) is 4.68 Å². The van der Waals surface area contributed by atoms with Crippen LogP contribution < -0.4 is 10.1 Å². The van der Waals surface area contributed by atoms with Crippen LogP contribution in [0.2, 0.25) is 0 Å². The van der Waals surface area contributed by atoms with E-state index in [4.69, 9.17) is 9.84 Å². The van der Waals surface area contributed by atoms with Crippen molar-refractivity contribution < 1.29 is 14.3 Å². The Morgan fingerprint density at radius 3 is 2.23 bits per heavy atom. The van der Waals surface area contributed by atoms with Crippen molar-refractivity contribution in [3.63, 3.8) is 0 Å². The summed E-state index contributed by atoms with van der Waals surface area (Å²) in [6, 6.07) is 9.37. The second-order valence-electron chi connectivity index (χ2n) is 9.59. The van der Waals surface area contributed by atoms with Gasteiger partial charge in [0.05, 0.1) is 25.0 Å². The monoisotopic (exact) mass is 428 g/mol. The molecule has 0 radical (unpaired) electrons. The largest absolute Gasteiger partial charge is 0.497 e. The van der Waals surface area contributed by atoms with Gasteiger partial charge in [0.1, 0.15) is 11.6 Å². The zero-order valence-corrected chi connectivity index (χ0v) is 20.0. The molecule has 0 aliphatic rings. The maximum absolute atomic E-state index is 12.9. The van der Waals surface area contributed by atoms with Crippen LogP contribution in [-0.4, -0.2) is 46.7 Å². The molecule has 1 aromatic heterocycles. The predicted octanol–water partition coefficient (Wildman–Crippen LogP) is 4.26. The number of carbonyl (C=O) groups is 2. The van der Waals surface area contributed by atoms with E-state index in [0.29, 0.717) is 12.4 Å². The first-order chi connectivity index (χ1) is 14.4. The summed E-state index contributed by atoms with van der Waals surface area (Å²) in [5.74, 6) is 1.15. The van der Waals surface area contributed by atoms with Crippen LogP contribution in [0.1, 0.15) is 54.2 Å². The van der Waals surface area contributed by atoms with Crippen molar-refractivity contribution in [2.24, 2.45) is 11.8 Å². The highest BCUT2D eigenvalue weighted by molar-refractivity contribution is 5.94. The summed E-state index contributed by atoms with van der Waals surface area (Å²) in [4.78, 5) is 27.1. The molecule has 7 heteroatoms. The van der Waals surface area contributed by atoms with E-state index in [1.165, 1.54) is 0 Å². The molecule has 0 aliphatic carbocycles. The summed E-state index contributed by atoms with van der Waals surface area (Å²) in [5.41, 5.74) is 1.48. The Bertz CT molecular complexity index is 893. The second-order valence-corrected chi connectivity index (χ2v) is 9.59. The van der Waals surface area contributed by atoms with E-state index in [1.54, 1.807) is 16.7 Å². The van der Waals surface area contributed by atoms with Gasteiger partial charge < -0.3 is 15.0 Å². The van der Waals surface area contributed by atoms with Crippen LogP contribution in [0.25, 0.3) is 5.69 Å². The minimum Gasteiger partial charge on any atom is -0.497 e. The third-order valence-electron chi connectivity index (χ3n) is 4.79. The molecule has 1 N–H and O–H groups in total. The molecule has 0 fully saturated rings. The van der Waals surface area contributed by atoms with Crippen molar-refractivity contribution >= 4 is 17.6 Å². The molecule has 2 rings (SSSR count). The first-order valence-electron chi connectivity index (χ1n) is 10.8. The first-order valence-corrected chi connectivity index (χ1v) is 10.8. The fourth-order valence-corrected chi connectivity index (χ4v) is 3.15. The molecule has 0 atom stereocenters. The highest BCUT2D eigenvalue weighted by Crippen LogP contribution is 2.27. The van der Waals surface area contributed by atoms with Crippen molar-refractivity contribution in [2.45, 2.75) is 53.9 Å². The predicted molar refractivity (Wildman–Crippen MR) is 124 cm³/mol. The number of methoxy groups -OCH3 is 1. The van der Waals surface area contributed by atoms with Gasteiger partial charge in [0.25, 0.3) is 0 Å². The Balaban J connectivity index is 2.32. The van der Waals surface area contributed by atoms with Crippen LogP contribution in [0.15, 0.2) is 30.3 Å². The van der Waals surface area contributed by atoms with Gasteiger partial charge in [-0.05, 0) is 30.2 Å². The third kappa shape index (κ3) is 6.57. The van der Waals surface area contributed by atoms with E-state index in [0.717, 1.165) is 17.1 Å². The maximum Gasteiger partial charge on any atom is 0.245 e. The smallest absolute Gasteiger partial charge is 0.245 e. The summed E-state index contributed by atoms with van der Waals surface area (Å²) < 4.78 is 6.96. The van der Waals surface area contributed by atoms with Crippen LogP contribution in [0.3, 0.4) is 0 Å². The molecule has 170 valence electrons. The minimum atomic E-state index is -0.246. The molecule has 0 aliphatic heterocycles. The number of aromatic nitrogens is 2. The molecule has 2 amide bonds. The maximum atomic E-state index is 12.9. The number of nitrogens with one attached hydrogen (secondary N) is 1. The topological polar surface area (TPSA) is 76.5 Å². The number of carbonyl (C=O) groups excluding carboxylic acids is 2. The number of rotatable bonds is 8. The zero-order valence-electron chi connectivity index (χ0n) is 20.0. The first kappa shape index (κ1) is 24.4. The fraction of sp³-hybridized carbons (Fsp3) is 0.542. The van der Waals surface area contributed by atoms with Gasteiger partial charge in [-0.15, -0.1) is 0 Å². The van der Waals surface area contributed by atoms with Crippen LogP contribution in [0, 0.1) is 11.8 Å². The van der Waals surface area contributed by atoms with E-state index in [9.17, 15) is 9.59 Å².